The fourth-order valence-corrected chi connectivity index (χ4v) is 4.00. The molecule has 0 fully saturated rings. The minimum Gasteiger partial charge on any atom is -0.508 e. The largest absolute Gasteiger partial charge is 0.508 e. The van der Waals surface area contributed by atoms with Gasteiger partial charge in [-0.05, 0) is 42.2 Å². The number of carbonyl (C=O) groups excluding carboxylic acids is 1. The van der Waals surface area contributed by atoms with E-state index < -0.39 is 0 Å². The number of anilines is 1. The Bertz CT molecular complexity index is 931. The Morgan fingerprint density at radius 3 is 2.76 bits per heavy atom. The van der Waals surface area contributed by atoms with E-state index in [-0.39, 0.29) is 24.2 Å². The molecule has 2 aromatic rings. The van der Waals surface area contributed by atoms with Gasteiger partial charge in [0.2, 0.25) is 6.79 Å². The van der Waals surface area contributed by atoms with Crippen LogP contribution in [0.2, 0.25) is 0 Å². The number of ketones is 1. The third-order valence-electron chi connectivity index (χ3n) is 5.09. The van der Waals surface area contributed by atoms with Crippen molar-refractivity contribution in [3.63, 3.8) is 0 Å². The van der Waals surface area contributed by atoms with E-state index in [1.807, 2.05) is 24.3 Å². The second-order valence-corrected chi connectivity index (χ2v) is 6.61. The summed E-state index contributed by atoms with van der Waals surface area (Å²) in [5, 5.41) is 13.4. The number of aromatic hydroxyl groups is 1. The predicted molar refractivity (Wildman–Crippen MR) is 92.0 cm³/mol. The lowest BCUT2D eigenvalue weighted by molar-refractivity contribution is -0.116. The second-order valence-electron chi connectivity index (χ2n) is 6.61. The summed E-state index contributed by atoms with van der Waals surface area (Å²) in [6, 6.07) is 11.0. The van der Waals surface area contributed by atoms with E-state index in [1.165, 1.54) is 0 Å². The number of ether oxygens (including phenoxy) is 2. The summed E-state index contributed by atoms with van der Waals surface area (Å²) < 4.78 is 11.0. The third-order valence-corrected chi connectivity index (χ3v) is 5.09. The van der Waals surface area contributed by atoms with Crippen LogP contribution in [0.25, 0.3) is 0 Å². The highest BCUT2D eigenvalue weighted by molar-refractivity contribution is 6.01. The summed E-state index contributed by atoms with van der Waals surface area (Å²) >= 11 is 0. The molecule has 0 bridgehead atoms. The number of rotatable bonds is 1. The highest BCUT2D eigenvalue weighted by atomic mass is 16.7. The Kier molecular flexibility index (Phi) is 3.04. The molecular formula is C20H17NO4. The first-order chi connectivity index (χ1) is 12.2. The van der Waals surface area contributed by atoms with Crippen LogP contribution < -0.4 is 14.8 Å². The molecule has 0 spiro atoms. The van der Waals surface area contributed by atoms with E-state index in [4.69, 9.17) is 9.47 Å². The van der Waals surface area contributed by atoms with Gasteiger partial charge in [0.25, 0.3) is 0 Å². The van der Waals surface area contributed by atoms with Crippen LogP contribution >= 0.6 is 0 Å². The van der Waals surface area contributed by atoms with Gasteiger partial charge in [-0.1, -0.05) is 12.1 Å². The van der Waals surface area contributed by atoms with Gasteiger partial charge in [0.05, 0.1) is 0 Å². The molecule has 5 rings (SSSR count). The standard InChI is InChI=1S/C20H17NO4/c22-12-4-1-3-11(7-12)19-13-8-17-18(25-10-24-17)9-15(13)21-14-5-2-6-16(23)20(14)19/h1,3-4,7-9,19,21-22H,2,5-6,10H2/t19-/m0/s1. The molecule has 0 unspecified atom stereocenters. The van der Waals surface area contributed by atoms with Crippen LogP contribution in [0.5, 0.6) is 17.2 Å². The van der Waals surface area contributed by atoms with Gasteiger partial charge in [-0.3, -0.25) is 4.79 Å². The first kappa shape index (κ1) is 14.4. The van der Waals surface area contributed by atoms with Crippen molar-refractivity contribution in [3.05, 3.63) is 58.8 Å². The Morgan fingerprint density at radius 1 is 1.08 bits per heavy atom. The molecular weight excluding hydrogens is 318 g/mol. The summed E-state index contributed by atoms with van der Waals surface area (Å²) in [5.74, 6) is 1.57. The maximum atomic E-state index is 12.7. The molecule has 1 aliphatic carbocycles. The normalized spacial score (nSPS) is 20.8. The lowest BCUT2D eigenvalue weighted by Crippen LogP contribution is -2.26. The molecule has 0 radical (unpaired) electrons. The van der Waals surface area contributed by atoms with Crippen LogP contribution in [0.1, 0.15) is 36.3 Å². The lowest BCUT2D eigenvalue weighted by atomic mass is 9.75. The van der Waals surface area contributed by atoms with Crippen molar-refractivity contribution in [2.75, 3.05) is 12.1 Å². The van der Waals surface area contributed by atoms with Crippen LogP contribution in [-0.4, -0.2) is 17.7 Å². The molecule has 0 amide bonds. The van der Waals surface area contributed by atoms with Gasteiger partial charge in [0.1, 0.15) is 5.75 Å². The average molecular weight is 335 g/mol. The fraction of sp³-hybridized carbons (Fsp3) is 0.250. The van der Waals surface area contributed by atoms with Crippen molar-refractivity contribution in [1.29, 1.82) is 0 Å². The summed E-state index contributed by atoms with van der Waals surface area (Å²) in [6.07, 6.45) is 2.28. The van der Waals surface area contributed by atoms with Gasteiger partial charge < -0.3 is 19.9 Å². The van der Waals surface area contributed by atoms with Crippen molar-refractivity contribution >= 4 is 11.5 Å². The SMILES string of the molecule is O=C1CCCC2=C1[C@@H](c1cccc(O)c1)c1cc3c(cc1N2)OCO3. The number of phenols is 1. The number of hydrogen-bond donors (Lipinski definition) is 2. The van der Waals surface area contributed by atoms with Gasteiger partial charge in [-0.25, -0.2) is 0 Å². The summed E-state index contributed by atoms with van der Waals surface area (Å²) in [7, 11) is 0. The van der Waals surface area contributed by atoms with Crippen LogP contribution in [0.15, 0.2) is 47.7 Å². The van der Waals surface area contributed by atoms with Gasteiger partial charge in [0, 0.05) is 35.4 Å². The lowest BCUT2D eigenvalue weighted by Gasteiger charge is -2.34. The monoisotopic (exact) mass is 335 g/mol. The van der Waals surface area contributed by atoms with Crippen molar-refractivity contribution in [1.82, 2.24) is 0 Å². The Hall–Kier alpha value is -2.95. The molecule has 2 aromatic carbocycles. The summed E-state index contributed by atoms with van der Waals surface area (Å²) in [4.78, 5) is 12.7. The molecule has 1 atom stereocenters. The molecule has 126 valence electrons. The van der Waals surface area contributed by atoms with E-state index in [9.17, 15) is 9.90 Å². The van der Waals surface area contributed by atoms with Crippen LogP contribution in [-0.2, 0) is 4.79 Å². The molecule has 2 heterocycles. The smallest absolute Gasteiger partial charge is 0.231 e. The topological polar surface area (TPSA) is 67.8 Å². The Morgan fingerprint density at radius 2 is 1.92 bits per heavy atom. The zero-order chi connectivity index (χ0) is 17.0. The van der Waals surface area contributed by atoms with Crippen LogP contribution in [0.4, 0.5) is 5.69 Å². The van der Waals surface area contributed by atoms with Crippen LogP contribution in [0, 0.1) is 0 Å². The zero-order valence-electron chi connectivity index (χ0n) is 13.5. The molecule has 0 aromatic heterocycles. The average Bonchev–Trinajstić information content (AvgIpc) is 3.05. The molecule has 5 nitrogen and oxygen atoms in total. The van der Waals surface area contributed by atoms with Gasteiger partial charge in [-0.15, -0.1) is 0 Å². The van der Waals surface area contributed by atoms with Crippen molar-refractivity contribution in [2.24, 2.45) is 0 Å². The molecule has 0 saturated heterocycles. The number of hydrogen-bond acceptors (Lipinski definition) is 5. The number of Topliss-reactive ketones (excluding diaryl/α,β-unsaturated/α-hetero) is 1. The van der Waals surface area contributed by atoms with E-state index in [1.54, 1.807) is 12.1 Å². The van der Waals surface area contributed by atoms with Gasteiger partial charge in [-0.2, -0.15) is 0 Å². The zero-order valence-corrected chi connectivity index (χ0v) is 13.5. The summed E-state index contributed by atoms with van der Waals surface area (Å²) in [6.45, 7) is 0.209. The van der Waals surface area contributed by atoms with Gasteiger partial charge in [0.15, 0.2) is 17.3 Å². The number of nitrogens with one attached hydrogen (secondary N) is 1. The molecule has 3 aliphatic rings. The molecule has 2 N–H and O–H groups in total. The summed E-state index contributed by atoms with van der Waals surface area (Å²) in [5.41, 5.74) is 4.61. The number of phenolic OH excluding ortho intramolecular Hbond substituents is 1. The number of carbonyl (C=O) groups is 1. The second kappa shape index (κ2) is 5.28. The van der Waals surface area contributed by atoms with E-state index in [0.717, 1.165) is 40.9 Å². The molecule has 2 aliphatic heterocycles. The maximum absolute atomic E-state index is 12.7. The van der Waals surface area contributed by atoms with Gasteiger partial charge >= 0.3 is 0 Å². The van der Waals surface area contributed by atoms with Crippen molar-refractivity contribution < 1.29 is 19.4 Å². The van der Waals surface area contributed by atoms with Crippen molar-refractivity contribution in [2.45, 2.75) is 25.2 Å². The quantitative estimate of drug-likeness (QED) is 0.832. The van der Waals surface area contributed by atoms with Crippen LogP contribution in [0.3, 0.4) is 0 Å². The number of fused-ring (bicyclic) bond motifs is 2. The number of benzene rings is 2. The first-order valence-corrected chi connectivity index (χ1v) is 8.46. The highest BCUT2D eigenvalue weighted by Crippen LogP contribution is 2.49. The first-order valence-electron chi connectivity index (χ1n) is 8.46. The minimum atomic E-state index is -0.208. The molecule has 0 saturated carbocycles. The Balaban J connectivity index is 1.75. The van der Waals surface area contributed by atoms with Crippen molar-refractivity contribution in [3.8, 4) is 17.2 Å². The minimum absolute atomic E-state index is 0.172. The molecule has 5 heteroatoms. The van der Waals surface area contributed by atoms with E-state index in [0.29, 0.717) is 17.9 Å². The maximum Gasteiger partial charge on any atom is 0.231 e. The van der Waals surface area contributed by atoms with E-state index in [2.05, 4.69) is 5.32 Å². The predicted octanol–water partition coefficient (Wildman–Crippen LogP) is 3.69. The Labute approximate surface area is 144 Å². The molecule has 25 heavy (non-hydrogen) atoms. The number of allylic oxidation sites excluding steroid dienone is 2. The van der Waals surface area contributed by atoms with E-state index >= 15 is 0 Å². The third kappa shape index (κ3) is 2.19. The fourth-order valence-electron chi connectivity index (χ4n) is 4.00. The highest BCUT2D eigenvalue weighted by Gasteiger charge is 2.36.